The lowest BCUT2D eigenvalue weighted by Gasteiger charge is -2.27. The van der Waals surface area contributed by atoms with Gasteiger partial charge >= 0.3 is 0 Å². The molecule has 0 atom stereocenters. The van der Waals surface area contributed by atoms with Crippen molar-refractivity contribution in [3.05, 3.63) is 53.6 Å². The van der Waals surface area contributed by atoms with E-state index in [4.69, 9.17) is 0 Å². The highest BCUT2D eigenvalue weighted by Gasteiger charge is 2.27. The number of aromatic nitrogens is 1. The van der Waals surface area contributed by atoms with Crippen LogP contribution in [0.3, 0.4) is 0 Å². The Bertz CT molecular complexity index is 940. The van der Waals surface area contributed by atoms with Gasteiger partial charge in [0.15, 0.2) is 5.69 Å². The number of hydrogen-bond donors (Lipinski definition) is 1. The number of thioether (sulfide) groups is 1. The van der Waals surface area contributed by atoms with E-state index in [1.807, 2.05) is 47.5 Å². The lowest BCUT2D eigenvalue weighted by molar-refractivity contribution is 0.406. The van der Waals surface area contributed by atoms with Crippen molar-refractivity contribution in [2.45, 2.75) is 26.3 Å². The van der Waals surface area contributed by atoms with Crippen LogP contribution in [0.2, 0.25) is 0 Å². The Labute approximate surface area is 151 Å². The third-order valence-corrected chi connectivity index (χ3v) is 5.95. The number of aryl methyl sites for hydroxylation is 2. The molecule has 1 aromatic heterocycles. The molecular weight excluding hydrogens is 330 g/mol. The molecule has 4 nitrogen and oxygen atoms in total. The molecule has 0 saturated carbocycles. The number of azo groups is 1. The van der Waals surface area contributed by atoms with E-state index in [1.165, 1.54) is 11.1 Å². The molecule has 0 spiro atoms. The molecule has 0 amide bonds. The van der Waals surface area contributed by atoms with Gasteiger partial charge in [-0.1, -0.05) is 30.7 Å². The first-order valence-electron chi connectivity index (χ1n) is 8.59. The Balaban J connectivity index is 1.83. The lowest BCUT2D eigenvalue weighted by atomic mass is 10.1. The number of aromatic hydroxyl groups is 1. The predicted molar refractivity (Wildman–Crippen MR) is 105 cm³/mol. The van der Waals surface area contributed by atoms with Crippen molar-refractivity contribution in [1.29, 1.82) is 0 Å². The van der Waals surface area contributed by atoms with Gasteiger partial charge in [-0.3, -0.25) is 0 Å². The van der Waals surface area contributed by atoms with Crippen LogP contribution >= 0.6 is 11.8 Å². The van der Waals surface area contributed by atoms with Crippen LogP contribution in [-0.2, 0) is 6.42 Å². The quantitative estimate of drug-likeness (QED) is 0.593. The third kappa shape index (κ3) is 2.93. The fraction of sp³-hybridized carbons (Fsp3) is 0.300. The van der Waals surface area contributed by atoms with Crippen LogP contribution in [0, 0.1) is 6.92 Å². The molecule has 0 bridgehead atoms. The topological polar surface area (TPSA) is 49.9 Å². The second-order valence-electron chi connectivity index (χ2n) is 6.47. The Morgan fingerprint density at radius 1 is 1.12 bits per heavy atom. The van der Waals surface area contributed by atoms with Gasteiger partial charge in [-0.2, -0.15) is 16.9 Å². The summed E-state index contributed by atoms with van der Waals surface area (Å²) in [5.41, 5.74) is 4.82. The first-order valence-corrected chi connectivity index (χ1v) is 9.74. The van der Waals surface area contributed by atoms with Crippen LogP contribution in [0.5, 0.6) is 5.88 Å². The molecule has 25 heavy (non-hydrogen) atoms. The fourth-order valence-electron chi connectivity index (χ4n) is 3.11. The first kappa shape index (κ1) is 16.2. The number of rotatable bonds is 4. The summed E-state index contributed by atoms with van der Waals surface area (Å²) in [5, 5.41) is 20.6. The smallest absolute Gasteiger partial charge is 0.221 e. The number of nitrogens with zero attached hydrogens (tertiary/aromatic N) is 3. The average molecular weight is 351 g/mol. The molecule has 1 aliphatic heterocycles. The van der Waals surface area contributed by atoms with Gasteiger partial charge in [-0.05, 0) is 43.2 Å². The largest absolute Gasteiger partial charge is 0.493 e. The van der Waals surface area contributed by atoms with Gasteiger partial charge in [-0.25, -0.2) is 0 Å². The molecule has 5 heteroatoms. The Kier molecular flexibility index (Phi) is 4.25. The van der Waals surface area contributed by atoms with Crippen LogP contribution in [-0.4, -0.2) is 21.2 Å². The summed E-state index contributed by atoms with van der Waals surface area (Å²) in [6.45, 7) is 4.18. The molecule has 2 aromatic carbocycles. The van der Waals surface area contributed by atoms with Gasteiger partial charge in [0.05, 0.1) is 17.2 Å². The van der Waals surface area contributed by atoms with Crippen molar-refractivity contribution in [3.63, 3.8) is 0 Å². The van der Waals surface area contributed by atoms with Gasteiger partial charge in [0.25, 0.3) is 0 Å². The minimum Gasteiger partial charge on any atom is -0.493 e. The predicted octanol–water partition coefficient (Wildman–Crippen LogP) is 5.92. The van der Waals surface area contributed by atoms with E-state index in [0.717, 1.165) is 34.5 Å². The number of fused-ring (bicyclic) bond motifs is 1. The highest BCUT2D eigenvalue weighted by Crippen LogP contribution is 2.45. The average Bonchev–Trinajstić information content (AvgIpc) is 2.85. The molecule has 4 rings (SSSR count). The molecule has 3 aromatic rings. The summed E-state index contributed by atoms with van der Waals surface area (Å²) in [6, 6.07) is 14.6. The van der Waals surface area contributed by atoms with Gasteiger partial charge in [0.2, 0.25) is 5.88 Å². The third-order valence-electron chi connectivity index (χ3n) is 4.71. The van der Waals surface area contributed by atoms with Crippen LogP contribution in [0.4, 0.5) is 11.4 Å². The molecule has 0 unspecified atom stereocenters. The summed E-state index contributed by atoms with van der Waals surface area (Å²) in [7, 11) is 0. The van der Waals surface area contributed by atoms with Crippen LogP contribution < -0.4 is 0 Å². The molecule has 1 saturated heterocycles. The Morgan fingerprint density at radius 3 is 2.52 bits per heavy atom. The molecule has 2 heterocycles. The van der Waals surface area contributed by atoms with E-state index in [-0.39, 0.29) is 5.88 Å². The summed E-state index contributed by atoms with van der Waals surface area (Å²) in [5.74, 6) is 2.28. The van der Waals surface area contributed by atoms with E-state index >= 15 is 0 Å². The maximum absolute atomic E-state index is 10.8. The highest BCUT2D eigenvalue weighted by atomic mass is 32.2. The van der Waals surface area contributed by atoms with Gasteiger partial charge in [-0.15, -0.1) is 5.11 Å². The minimum atomic E-state index is 0.226. The molecule has 128 valence electrons. The molecule has 1 aliphatic rings. The first-order chi connectivity index (χ1) is 12.2. The van der Waals surface area contributed by atoms with E-state index in [2.05, 4.69) is 35.4 Å². The van der Waals surface area contributed by atoms with Crippen molar-refractivity contribution in [3.8, 4) is 5.88 Å². The number of benzene rings is 2. The number of hydrogen-bond acceptors (Lipinski definition) is 4. The summed E-state index contributed by atoms with van der Waals surface area (Å²) >= 11 is 1.90. The van der Waals surface area contributed by atoms with E-state index in [0.29, 0.717) is 11.7 Å². The molecule has 0 aliphatic carbocycles. The van der Waals surface area contributed by atoms with Gasteiger partial charge < -0.3 is 9.67 Å². The van der Waals surface area contributed by atoms with Crippen molar-refractivity contribution in [2.24, 2.45) is 10.2 Å². The zero-order valence-electron chi connectivity index (χ0n) is 14.4. The van der Waals surface area contributed by atoms with Crippen LogP contribution in [0.25, 0.3) is 10.9 Å². The standard InChI is InChI=1S/C20H21N3OS/c1-3-14-6-9-18-17(10-14)19(20(24)23(18)16-11-25-12-16)22-21-15-7-4-13(2)5-8-15/h4-10,16,24H,3,11-12H2,1-2H3. The fourth-order valence-corrected chi connectivity index (χ4v) is 3.86. The monoisotopic (exact) mass is 351 g/mol. The molecule has 1 N–H and O–H groups in total. The Hall–Kier alpha value is -2.27. The summed E-state index contributed by atoms with van der Waals surface area (Å²) in [4.78, 5) is 0. The van der Waals surface area contributed by atoms with Gasteiger partial charge in [0.1, 0.15) is 0 Å². The van der Waals surface area contributed by atoms with E-state index < -0.39 is 0 Å². The normalized spacial score (nSPS) is 15.1. The van der Waals surface area contributed by atoms with Crippen molar-refractivity contribution >= 4 is 34.0 Å². The van der Waals surface area contributed by atoms with E-state index in [1.54, 1.807) is 0 Å². The zero-order valence-corrected chi connectivity index (χ0v) is 15.3. The molecule has 0 radical (unpaired) electrons. The lowest BCUT2D eigenvalue weighted by Crippen LogP contribution is -2.22. The summed E-state index contributed by atoms with van der Waals surface area (Å²) in [6.07, 6.45) is 0.954. The van der Waals surface area contributed by atoms with Crippen LogP contribution in [0.15, 0.2) is 52.7 Å². The van der Waals surface area contributed by atoms with Crippen molar-refractivity contribution in [1.82, 2.24) is 4.57 Å². The van der Waals surface area contributed by atoms with Crippen molar-refractivity contribution in [2.75, 3.05) is 11.5 Å². The maximum Gasteiger partial charge on any atom is 0.221 e. The SMILES string of the molecule is CCc1ccc2c(c1)c(N=Nc1ccc(C)cc1)c(O)n2C1CSC1. The Morgan fingerprint density at radius 2 is 1.88 bits per heavy atom. The van der Waals surface area contributed by atoms with Crippen molar-refractivity contribution < 1.29 is 5.11 Å². The van der Waals surface area contributed by atoms with Gasteiger partial charge in [0, 0.05) is 16.9 Å². The molecule has 1 fully saturated rings. The minimum absolute atomic E-state index is 0.226. The highest BCUT2D eigenvalue weighted by molar-refractivity contribution is 8.00. The van der Waals surface area contributed by atoms with E-state index in [9.17, 15) is 5.11 Å². The summed E-state index contributed by atoms with van der Waals surface area (Å²) < 4.78 is 2.02. The maximum atomic E-state index is 10.8. The second-order valence-corrected chi connectivity index (χ2v) is 7.55. The second kappa shape index (κ2) is 6.56. The zero-order chi connectivity index (χ0) is 17.4. The molecular formula is C20H21N3OS. The van der Waals surface area contributed by atoms with Crippen LogP contribution in [0.1, 0.15) is 24.1 Å².